The highest BCUT2D eigenvalue weighted by atomic mass is 16.5. The van der Waals surface area contributed by atoms with Gasteiger partial charge in [-0.2, -0.15) is 20.1 Å². The summed E-state index contributed by atoms with van der Waals surface area (Å²) in [7, 11) is 3.96. The van der Waals surface area contributed by atoms with Crippen LogP contribution < -0.4 is 15.9 Å². The van der Waals surface area contributed by atoms with Crippen molar-refractivity contribution in [3.8, 4) is 39.5 Å². The number of ether oxygens (including phenoxy) is 1. The Hall–Kier alpha value is -5.64. The van der Waals surface area contributed by atoms with E-state index in [2.05, 4.69) is 72.2 Å². The van der Waals surface area contributed by atoms with Crippen molar-refractivity contribution >= 4 is 11.6 Å². The largest absolute Gasteiger partial charge is 0.494 e. The van der Waals surface area contributed by atoms with E-state index in [-0.39, 0.29) is 17.7 Å². The zero-order valence-corrected chi connectivity index (χ0v) is 27.4. The van der Waals surface area contributed by atoms with E-state index in [0.717, 1.165) is 80.3 Å². The number of hydrogen-bond donors (Lipinski definition) is 2. The number of fused-ring (bicyclic) bond motifs is 9. The normalized spacial score (nSPS) is 16.2. The Morgan fingerprint density at radius 2 is 1.67 bits per heavy atom. The molecule has 0 aliphatic heterocycles. The Balaban J connectivity index is 1.27. The van der Waals surface area contributed by atoms with E-state index < -0.39 is 0 Å². The molecule has 10 heteroatoms. The van der Waals surface area contributed by atoms with Crippen LogP contribution in [0.3, 0.4) is 0 Å². The van der Waals surface area contributed by atoms with E-state index >= 15 is 0 Å². The maximum Gasteiger partial charge on any atom is 0.221 e. The van der Waals surface area contributed by atoms with Gasteiger partial charge in [-0.15, -0.1) is 0 Å². The van der Waals surface area contributed by atoms with E-state index in [1.54, 1.807) is 6.92 Å². The van der Waals surface area contributed by atoms with Gasteiger partial charge in [-0.05, 0) is 64.9 Å². The Kier molecular flexibility index (Phi) is 6.21. The molecule has 0 saturated heterocycles. The smallest absolute Gasteiger partial charge is 0.221 e. The maximum absolute atomic E-state index is 12.5. The van der Waals surface area contributed by atoms with Gasteiger partial charge in [0.15, 0.2) is 0 Å². The van der Waals surface area contributed by atoms with Crippen molar-refractivity contribution in [1.82, 2.24) is 29.5 Å². The number of amides is 1. The standard InChI is InChI=1S/C38H36N8O2/c1-5-10-48-25-13-21-11-23-17-44(3)41-36(23)33(21)30(16-25)35-29-15-24(40-20(2)47)12-22(34(29)38-32(35)18-45(4)42-38)14-28-26-8-6-7-9-27(26)37-31(28)19-46(39)43-37/h6-9,12-13,15-19,28,35H,5,10-11,14,39H2,1-4H3,(H,40,47). The van der Waals surface area contributed by atoms with Gasteiger partial charge in [-0.3, -0.25) is 14.2 Å². The van der Waals surface area contributed by atoms with Crippen molar-refractivity contribution in [3.05, 3.63) is 112 Å². The van der Waals surface area contributed by atoms with Crippen LogP contribution in [-0.4, -0.2) is 42.0 Å². The zero-order chi connectivity index (χ0) is 32.8. The highest BCUT2D eigenvalue weighted by Gasteiger charge is 2.40. The summed E-state index contributed by atoms with van der Waals surface area (Å²) in [5, 5.41) is 17.8. The van der Waals surface area contributed by atoms with Crippen LogP contribution in [0.15, 0.2) is 67.1 Å². The molecular weight excluding hydrogens is 600 g/mol. The lowest BCUT2D eigenvalue weighted by molar-refractivity contribution is -0.114. The van der Waals surface area contributed by atoms with Crippen LogP contribution in [-0.2, 0) is 31.7 Å². The Labute approximate surface area is 278 Å². The third kappa shape index (κ3) is 4.25. The van der Waals surface area contributed by atoms with Crippen molar-refractivity contribution in [3.63, 3.8) is 0 Å². The summed E-state index contributed by atoms with van der Waals surface area (Å²) in [5.74, 6) is 6.83. The van der Waals surface area contributed by atoms with Gasteiger partial charge in [0, 0.05) is 90.7 Å². The number of anilines is 1. The number of rotatable bonds is 7. The summed E-state index contributed by atoms with van der Waals surface area (Å²) >= 11 is 0. The number of aromatic nitrogens is 6. The molecular formula is C38H36N8O2. The molecule has 3 heterocycles. The molecule has 48 heavy (non-hydrogen) atoms. The lowest BCUT2D eigenvalue weighted by atomic mass is 9.83. The van der Waals surface area contributed by atoms with E-state index in [1.165, 1.54) is 27.0 Å². The number of carbonyl (C=O) groups excluding carboxylic acids is 1. The Morgan fingerprint density at radius 3 is 2.50 bits per heavy atom. The van der Waals surface area contributed by atoms with E-state index in [4.69, 9.17) is 20.8 Å². The molecule has 0 spiro atoms. The molecule has 2 unspecified atom stereocenters. The van der Waals surface area contributed by atoms with Gasteiger partial charge in [0.05, 0.1) is 29.9 Å². The van der Waals surface area contributed by atoms with E-state index in [9.17, 15) is 4.79 Å². The summed E-state index contributed by atoms with van der Waals surface area (Å²) in [6.45, 7) is 4.32. The second-order valence-electron chi connectivity index (χ2n) is 13.3. The van der Waals surface area contributed by atoms with Gasteiger partial charge in [0.1, 0.15) is 5.75 Å². The number of nitrogens with two attached hydrogens (primary N) is 1. The molecule has 0 radical (unpaired) electrons. The fraction of sp³-hybridized carbons (Fsp3) is 0.263. The molecule has 1 amide bonds. The monoisotopic (exact) mass is 636 g/mol. The van der Waals surface area contributed by atoms with Crippen LogP contribution in [0.1, 0.15) is 76.6 Å². The van der Waals surface area contributed by atoms with Crippen molar-refractivity contribution in [2.45, 2.75) is 44.9 Å². The van der Waals surface area contributed by atoms with Crippen LogP contribution >= 0.6 is 0 Å². The first-order chi connectivity index (χ1) is 23.3. The molecule has 3 aromatic carbocycles. The molecule has 0 fully saturated rings. The maximum atomic E-state index is 12.5. The third-order valence-corrected chi connectivity index (χ3v) is 9.97. The lowest BCUT2D eigenvalue weighted by Gasteiger charge is -2.22. The lowest BCUT2D eigenvalue weighted by Crippen LogP contribution is -2.11. The minimum atomic E-state index is -0.138. The van der Waals surface area contributed by atoms with Gasteiger partial charge in [0.2, 0.25) is 5.91 Å². The van der Waals surface area contributed by atoms with Crippen LogP contribution in [0, 0.1) is 0 Å². The van der Waals surface area contributed by atoms with Crippen LogP contribution in [0.2, 0.25) is 0 Å². The number of nitrogen functional groups attached to an aromatic ring is 1. The topological polar surface area (TPSA) is 118 Å². The Bertz CT molecular complexity index is 2310. The first-order valence-electron chi connectivity index (χ1n) is 16.5. The molecule has 240 valence electrons. The molecule has 0 saturated carbocycles. The third-order valence-electron chi connectivity index (χ3n) is 9.97. The van der Waals surface area contributed by atoms with Gasteiger partial charge >= 0.3 is 0 Å². The van der Waals surface area contributed by atoms with Crippen molar-refractivity contribution < 1.29 is 9.53 Å². The number of aryl methyl sites for hydroxylation is 2. The van der Waals surface area contributed by atoms with E-state index in [0.29, 0.717) is 13.0 Å². The highest BCUT2D eigenvalue weighted by molar-refractivity contribution is 5.92. The Morgan fingerprint density at radius 1 is 0.875 bits per heavy atom. The molecule has 3 aliphatic carbocycles. The summed E-state index contributed by atoms with van der Waals surface area (Å²) in [6.07, 6.45) is 8.62. The van der Waals surface area contributed by atoms with Crippen LogP contribution in [0.25, 0.3) is 33.8 Å². The fourth-order valence-corrected chi connectivity index (χ4v) is 8.33. The van der Waals surface area contributed by atoms with Crippen molar-refractivity contribution in [1.29, 1.82) is 0 Å². The summed E-state index contributed by atoms with van der Waals surface area (Å²) in [5.41, 5.74) is 16.4. The average Bonchev–Trinajstić information content (AvgIpc) is 3.86. The molecule has 3 N–H and O–H groups in total. The molecule has 9 rings (SSSR count). The first kappa shape index (κ1) is 28.6. The molecule has 2 atom stereocenters. The number of nitrogens with one attached hydrogen (secondary N) is 1. The summed E-state index contributed by atoms with van der Waals surface area (Å²) < 4.78 is 10.1. The second-order valence-corrected chi connectivity index (χ2v) is 13.3. The minimum Gasteiger partial charge on any atom is -0.494 e. The van der Waals surface area contributed by atoms with Crippen LogP contribution in [0.5, 0.6) is 5.75 Å². The zero-order valence-electron chi connectivity index (χ0n) is 27.4. The van der Waals surface area contributed by atoms with Gasteiger partial charge < -0.3 is 15.9 Å². The number of hydrogen-bond acceptors (Lipinski definition) is 6. The number of carbonyl (C=O) groups is 1. The molecule has 3 aromatic heterocycles. The molecule has 6 aromatic rings. The number of benzene rings is 3. The molecule has 0 bridgehead atoms. The summed E-state index contributed by atoms with van der Waals surface area (Å²) in [4.78, 5) is 13.9. The predicted octanol–water partition coefficient (Wildman–Crippen LogP) is 5.90. The predicted molar refractivity (Wildman–Crippen MR) is 184 cm³/mol. The fourth-order valence-electron chi connectivity index (χ4n) is 8.33. The second kappa shape index (κ2) is 10.4. The van der Waals surface area contributed by atoms with Gasteiger partial charge in [-0.1, -0.05) is 31.2 Å². The van der Waals surface area contributed by atoms with Gasteiger partial charge in [0.25, 0.3) is 0 Å². The van der Waals surface area contributed by atoms with Crippen molar-refractivity contribution in [2.24, 2.45) is 14.1 Å². The molecule has 3 aliphatic rings. The SMILES string of the molecule is CCCOc1cc2c(c(C3c4cn(C)nc4-c4c(CC5c6ccccc6-c6nn(N)cc65)cc(NC(C)=O)cc43)c1)-c1nn(C)cc1C2. The first-order valence-corrected chi connectivity index (χ1v) is 16.5. The minimum absolute atomic E-state index is 0.0440. The average molecular weight is 637 g/mol. The number of nitrogens with zero attached hydrogens (tertiary/aromatic N) is 6. The van der Waals surface area contributed by atoms with Gasteiger partial charge in [-0.25, -0.2) is 0 Å². The molecule has 10 nitrogen and oxygen atoms in total. The van der Waals surface area contributed by atoms with E-state index in [1.807, 2.05) is 35.7 Å². The summed E-state index contributed by atoms with van der Waals surface area (Å²) in [6, 6.07) is 17.1. The van der Waals surface area contributed by atoms with Crippen LogP contribution in [0.4, 0.5) is 5.69 Å². The van der Waals surface area contributed by atoms with Crippen molar-refractivity contribution in [2.75, 3.05) is 17.8 Å². The quantitative estimate of drug-likeness (QED) is 0.211. The highest BCUT2D eigenvalue weighted by Crippen LogP contribution is 2.55.